The van der Waals surface area contributed by atoms with E-state index >= 15 is 0 Å². The first-order chi connectivity index (χ1) is 14.4. The monoisotopic (exact) mass is 442 g/mol. The molecule has 2 aliphatic rings. The van der Waals surface area contributed by atoms with Crippen molar-refractivity contribution in [3.05, 3.63) is 46.8 Å². The maximum atomic E-state index is 13.1. The largest absolute Gasteiger partial charge is 0.340 e. The summed E-state index contributed by atoms with van der Waals surface area (Å²) < 4.78 is 1.81. The lowest BCUT2D eigenvalue weighted by Gasteiger charge is -2.45. The van der Waals surface area contributed by atoms with Gasteiger partial charge in [-0.2, -0.15) is 4.98 Å². The number of rotatable bonds is 3. The van der Waals surface area contributed by atoms with Crippen LogP contribution in [0.3, 0.4) is 0 Å². The molecular weight excluding hydrogens is 423 g/mol. The molecule has 154 valence electrons. The Bertz CT molecular complexity index is 1140. The summed E-state index contributed by atoms with van der Waals surface area (Å²) >= 11 is 12.4. The van der Waals surface area contributed by atoms with Crippen molar-refractivity contribution in [1.29, 1.82) is 0 Å². The minimum absolute atomic E-state index is 0.114. The third-order valence-electron chi connectivity index (χ3n) is 6.11. The maximum Gasteiger partial charge on any atom is 0.252 e. The van der Waals surface area contributed by atoms with Gasteiger partial charge in [0.1, 0.15) is 17.1 Å². The molecule has 0 bridgehead atoms. The molecule has 0 aliphatic carbocycles. The minimum atomic E-state index is -0.522. The first-order valence-corrected chi connectivity index (χ1v) is 10.6. The second-order valence-electron chi connectivity index (χ2n) is 7.66. The Morgan fingerprint density at radius 2 is 1.93 bits per heavy atom. The van der Waals surface area contributed by atoms with Gasteiger partial charge >= 0.3 is 0 Å². The van der Waals surface area contributed by atoms with Crippen LogP contribution in [0, 0.1) is 0 Å². The second-order valence-corrected chi connectivity index (χ2v) is 8.54. The second kappa shape index (κ2) is 6.96. The highest BCUT2D eigenvalue weighted by molar-refractivity contribution is 6.35. The third kappa shape index (κ3) is 2.72. The van der Waals surface area contributed by atoms with Gasteiger partial charge in [0.15, 0.2) is 5.82 Å². The molecule has 1 aromatic carbocycles. The average molecular weight is 443 g/mol. The van der Waals surface area contributed by atoms with Crippen LogP contribution in [-0.2, 0) is 4.79 Å². The number of carbonyl (C=O) groups is 1. The molecule has 0 radical (unpaired) electrons. The van der Waals surface area contributed by atoms with Gasteiger partial charge in [-0.1, -0.05) is 30.1 Å². The highest BCUT2D eigenvalue weighted by Crippen LogP contribution is 2.45. The lowest BCUT2D eigenvalue weighted by Crippen LogP contribution is -2.59. The number of hydrogen-bond donors (Lipinski definition) is 0. The predicted molar refractivity (Wildman–Crippen MR) is 118 cm³/mol. The van der Waals surface area contributed by atoms with E-state index in [9.17, 15) is 4.79 Å². The van der Waals surface area contributed by atoms with Crippen molar-refractivity contribution in [3.8, 4) is 17.3 Å². The van der Waals surface area contributed by atoms with Gasteiger partial charge in [0, 0.05) is 41.6 Å². The lowest BCUT2D eigenvalue weighted by molar-refractivity contribution is -0.123. The Balaban J connectivity index is 1.64. The molecule has 4 heterocycles. The number of likely N-dealkylation sites (N-methyl/N-ethyl adjacent to an activating group) is 1. The van der Waals surface area contributed by atoms with Crippen molar-refractivity contribution >= 4 is 40.6 Å². The molecule has 2 aromatic heterocycles. The third-order valence-corrected chi connectivity index (χ3v) is 6.54. The van der Waals surface area contributed by atoms with E-state index < -0.39 is 5.54 Å². The summed E-state index contributed by atoms with van der Waals surface area (Å²) in [6.07, 6.45) is 7.75. The molecule has 0 unspecified atom stereocenters. The molecule has 0 N–H and O–H groups in total. The number of amides is 1. The number of hydrogen-bond acceptors (Lipinski definition) is 5. The molecule has 1 fully saturated rings. The lowest BCUT2D eigenvalue weighted by atomic mass is 9.89. The fourth-order valence-corrected chi connectivity index (χ4v) is 5.15. The smallest absolute Gasteiger partial charge is 0.252 e. The Hall–Kier alpha value is -2.64. The summed E-state index contributed by atoms with van der Waals surface area (Å²) in [6.45, 7) is 2.87. The first kappa shape index (κ1) is 19.3. The van der Waals surface area contributed by atoms with Gasteiger partial charge in [-0.05, 0) is 37.5 Å². The van der Waals surface area contributed by atoms with E-state index in [-0.39, 0.29) is 5.91 Å². The van der Waals surface area contributed by atoms with E-state index in [0.29, 0.717) is 21.8 Å². The van der Waals surface area contributed by atoms with Gasteiger partial charge < -0.3 is 9.80 Å². The molecule has 7 nitrogen and oxygen atoms in total. The average Bonchev–Trinajstić information content (AvgIpc) is 3.39. The molecule has 9 heteroatoms. The fraction of sp³-hybridized carbons (Fsp3) is 0.333. The van der Waals surface area contributed by atoms with Crippen molar-refractivity contribution in [3.63, 3.8) is 0 Å². The van der Waals surface area contributed by atoms with Gasteiger partial charge in [0.05, 0.1) is 6.20 Å². The molecular formula is C21H20Cl2N6O. The standard InChI is InChI=1S/C21H20Cl2N6O/c1-3-21-5-4-7-29(21)18-16(27(2)19(21)30)12-25-20(26-18)28-8-6-24-17(28)13-9-14(22)11-15(23)10-13/h6,8-12H,3-5,7H2,1-2H3/t21-/m0/s1. The molecule has 30 heavy (non-hydrogen) atoms. The van der Waals surface area contributed by atoms with Crippen molar-refractivity contribution in [2.24, 2.45) is 0 Å². The van der Waals surface area contributed by atoms with E-state index in [4.69, 9.17) is 28.2 Å². The number of anilines is 2. The Morgan fingerprint density at radius 3 is 2.67 bits per heavy atom. The molecule has 3 aromatic rings. The van der Waals surface area contributed by atoms with Crippen LogP contribution in [0.25, 0.3) is 17.3 Å². The van der Waals surface area contributed by atoms with Gasteiger partial charge in [-0.15, -0.1) is 0 Å². The van der Waals surface area contributed by atoms with E-state index in [1.165, 1.54) is 0 Å². The molecule has 1 amide bonds. The predicted octanol–water partition coefficient (Wildman–Crippen LogP) is 4.36. The van der Waals surface area contributed by atoms with Crippen molar-refractivity contribution in [2.45, 2.75) is 31.7 Å². The first-order valence-electron chi connectivity index (χ1n) is 9.87. The van der Waals surface area contributed by atoms with Gasteiger partial charge in [0.2, 0.25) is 5.95 Å². The van der Waals surface area contributed by atoms with E-state index in [1.807, 2.05) is 4.57 Å². The van der Waals surface area contributed by atoms with Crippen molar-refractivity contribution in [2.75, 3.05) is 23.4 Å². The van der Waals surface area contributed by atoms with Crippen LogP contribution in [0.1, 0.15) is 26.2 Å². The number of aromatic nitrogens is 4. The van der Waals surface area contributed by atoms with Crippen LogP contribution in [-0.4, -0.2) is 44.6 Å². The normalized spacial score (nSPS) is 20.5. The zero-order valence-corrected chi connectivity index (χ0v) is 18.2. The minimum Gasteiger partial charge on any atom is -0.340 e. The molecule has 0 saturated carbocycles. The van der Waals surface area contributed by atoms with E-state index in [0.717, 1.165) is 42.9 Å². The van der Waals surface area contributed by atoms with E-state index in [2.05, 4.69) is 21.8 Å². The van der Waals surface area contributed by atoms with Crippen LogP contribution in [0.5, 0.6) is 0 Å². The van der Waals surface area contributed by atoms with Crippen LogP contribution < -0.4 is 9.80 Å². The quantitative estimate of drug-likeness (QED) is 0.602. The SMILES string of the molecule is CC[C@@]12CCCN1c1nc(-n3ccnc3-c3cc(Cl)cc(Cl)c3)ncc1N(C)C2=O. The molecule has 5 rings (SSSR count). The molecule has 1 saturated heterocycles. The Morgan fingerprint density at radius 1 is 1.17 bits per heavy atom. The number of halogens is 2. The summed E-state index contributed by atoms with van der Waals surface area (Å²) in [6, 6.07) is 5.29. The number of nitrogens with zero attached hydrogens (tertiary/aromatic N) is 6. The van der Waals surface area contributed by atoms with Gasteiger partial charge in [-0.25, -0.2) is 9.97 Å². The van der Waals surface area contributed by atoms with Crippen LogP contribution in [0.15, 0.2) is 36.8 Å². The summed E-state index contributed by atoms with van der Waals surface area (Å²) in [5, 5.41) is 1.06. The van der Waals surface area contributed by atoms with Gasteiger partial charge in [-0.3, -0.25) is 9.36 Å². The number of fused-ring (bicyclic) bond motifs is 3. The summed E-state index contributed by atoms with van der Waals surface area (Å²) in [7, 11) is 1.80. The van der Waals surface area contributed by atoms with Crippen molar-refractivity contribution in [1.82, 2.24) is 19.5 Å². The summed E-state index contributed by atoms with van der Waals surface area (Å²) in [4.78, 5) is 30.9. The van der Waals surface area contributed by atoms with E-state index in [1.54, 1.807) is 48.7 Å². The molecule has 2 aliphatic heterocycles. The number of carbonyl (C=O) groups excluding carboxylic acids is 1. The maximum absolute atomic E-state index is 13.1. The molecule has 1 atom stereocenters. The highest BCUT2D eigenvalue weighted by Gasteiger charge is 2.52. The zero-order valence-electron chi connectivity index (χ0n) is 16.6. The Labute approximate surface area is 184 Å². The van der Waals surface area contributed by atoms with Gasteiger partial charge in [0.25, 0.3) is 5.91 Å². The van der Waals surface area contributed by atoms with Crippen LogP contribution >= 0.6 is 23.2 Å². The zero-order chi connectivity index (χ0) is 21.0. The van der Waals surface area contributed by atoms with Crippen LogP contribution in [0.2, 0.25) is 10.0 Å². The van der Waals surface area contributed by atoms with Crippen molar-refractivity contribution < 1.29 is 4.79 Å². The number of benzene rings is 1. The summed E-state index contributed by atoms with van der Waals surface area (Å²) in [5.74, 6) is 2.02. The number of imidazole rings is 1. The van der Waals surface area contributed by atoms with Crippen LogP contribution in [0.4, 0.5) is 11.5 Å². The topological polar surface area (TPSA) is 67.2 Å². The highest BCUT2D eigenvalue weighted by atomic mass is 35.5. The Kier molecular flexibility index (Phi) is 4.48. The molecule has 0 spiro atoms. The fourth-order valence-electron chi connectivity index (χ4n) is 4.62. The summed E-state index contributed by atoms with van der Waals surface area (Å²) in [5.41, 5.74) is 0.975.